The van der Waals surface area contributed by atoms with Gasteiger partial charge in [-0.15, -0.1) is 0 Å². The first-order valence-corrected chi connectivity index (χ1v) is 5.44. The number of rotatable bonds is 5. The number of hydrogen-bond donors (Lipinski definition) is 2. The second-order valence-corrected chi connectivity index (χ2v) is 4.24. The van der Waals surface area contributed by atoms with E-state index in [-0.39, 0.29) is 12.1 Å². The molecule has 0 aliphatic rings. The van der Waals surface area contributed by atoms with Gasteiger partial charge >= 0.3 is 0 Å². The predicted octanol–water partition coefficient (Wildman–Crippen LogP) is 1.99. The van der Waals surface area contributed by atoms with Gasteiger partial charge in [-0.2, -0.15) is 0 Å². The second-order valence-electron chi connectivity index (χ2n) is 3.88. The molecule has 3 nitrogen and oxygen atoms in total. The fourth-order valence-electron chi connectivity index (χ4n) is 1.15. The van der Waals surface area contributed by atoms with E-state index in [0.717, 1.165) is 12.0 Å². The number of aliphatic hydroxyl groups excluding tert-OH is 1. The molecule has 0 aromatic carbocycles. The summed E-state index contributed by atoms with van der Waals surface area (Å²) >= 11 is 5.93. The summed E-state index contributed by atoms with van der Waals surface area (Å²) in [5.74, 6) is 0. The quantitative estimate of drug-likeness (QED) is 0.758. The Hall–Kier alpha value is -0.640. The zero-order valence-electron chi connectivity index (χ0n) is 9.13. The lowest BCUT2D eigenvalue weighted by Gasteiger charge is -2.27. The molecule has 1 aromatic heterocycles. The summed E-state index contributed by atoms with van der Waals surface area (Å²) in [7, 11) is 0. The summed E-state index contributed by atoms with van der Waals surface area (Å²) in [4.78, 5) is 3.99. The van der Waals surface area contributed by atoms with Gasteiger partial charge in [0.15, 0.2) is 0 Å². The highest BCUT2D eigenvalue weighted by Crippen LogP contribution is 2.14. The van der Waals surface area contributed by atoms with Crippen molar-refractivity contribution in [3.8, 4) is 0 Å². The van der Waals surface area contributed by atoms with E-state index in [1.807, 2.05) is 26.0 Å². The molecule has 15 heavy (non-hydrogen) atoms. The van der Waals surface area contributed by atoms with Gasteiger partial charge in [-0.25, -0.2) is 4.98 Å². The number of halogens is 1. The van der Waals surface area contributed by atoms with Gasteiger partial charge in [0.1, 0.15) is 5.15 Å². The Morgan fingerprint density at radius 2 is 2.33 bits per heavy atom. The van der Waals surface area contributed by atoms with Crippen LogP contribution in [0.4, 0.5) is 0 Å². The van der Waals surface area contributed by atoms with Gasteiger partial charge in [0.25, 0.3) is 0 Å². The molecule has 0 spiro atoms. The summed E-state index contributed by atoms with van der Waals surface area (Å²) in [5, 5.41) is 13.0. The smallest absolute Gasteiger partial charge is 0.133 e. The first-order valence-electron chi connectivity index (χ1n) is 5.06. The summed E-state index contributed by atoms with van der Waals surface area (Å²) < 4.78 is 0. The first kappa shape index (κ1) is 12.4. The minimum Gasteiger partial charge on any atom is -0.394 e. The molecule has 1 heterocycles. The summed E-state index contributed by atoms with van der Waals surface area (Å²) in [6.07, 6.45) is 2.53. The molecule has 0 aliphatic heterocycles. The van der Waals surface area contributed by atoms with Crippen molar-refractivity contribution in [1.29, 1.82) is 0 Å². The van der Waals surface area contributed by atoms with Crippen molar-refractivity contribution < 1.29 is 5.11 Å². The highest BCUT2D eigenvalue weighted by atomic mass is 35.5. The molecular weight excluding hydrogens is 212 g/mol. The van der Waals surface area contributed by atoms with E-state index in [4.69, 9.17) is 11.6 Å². The third-order valence-corrected chi connectivity index (χ3v) is 3.01. The molecule has 0 bridgehead atoms. The molecule has 1 atom stereocenters. The van der Waals surface area contributed by atoms with Gasteiger partial charge in [0, 0.05) is 23.8 Å². The highest BCUT2D eigenvalue weighted by molar-refractivity contribution is 6.30. The van der Waals surface area contributed by atoms with E-state index in [9.17, 15) is 5.11 Å². The van der Waals surface area contributed by atoms with Gasteiger partial charge in [0.05, 0.1) is 6.61 Å². The van der Waals surface area contributed by atoms with Crippen LogP contribution in [0.3, 0.4) is 0 Å². The standard InChI is InChI=1S/C11H17ClN2O/c1-3-11(2,8-15)14-7-9-5-4-6-13-10(9)12/h4-6,14-15H,3,7-8H2,1-2H3. The van der Waals surface area contributed by atoms with Crippen molar-refractivity contribution in [1.82, 2.24) is 10.3 Å². The number of pyridine rings is 1. The van der Waals surface area contributed by atoms with Crippen LogP contribution in [0.1, 0.15) is 25.8 Å². The van der Waals surface area contributed by atoms with Crippen molar-refractivity contribution in [3.63, 3.8) is 0 Å². The van der Waals surface area contributed by atoms with Crippen molar-refractivity contribution in [2.45, 2.75) is 32.4 Å². The molecule has 1 aromatic rings. The molecule has 0 amide bonds. The van der Waals surface area contributed by atoms with Crippen LogP contribution >= 0.6 is 11.6 Å². The van der Waals surface area contributed by atoms with Gasteiger partial charge in [-0.1, -0.05) is 24.6 Å². The lowest BCUT2D eigenvalue weighted by atomic mass is 10.00. The molecule has 2 N–H and O–H groups in total. The molecule has 84 valence electrons. The van der Waals surface area contributed by atoms with E-state index in [2.05, 4.69) is 10.3 Å². The lowest BCUT2D eigenvalue weighted by molar-refractivity contribution is 0.169. The molecule has 0 radical (unpaired) electrons. The average molecular weight is 229 g/mol. The van der Waals surface area contributed by atoms with Crippen LogP contribution in [0.2, 0.25) is 5.15 Å². The number of hydrogen-bond acceptors (Lipinski definition) is 3. The molecule has 0 fully saturated rings. The molecule has 4 heteroatoms. The van der Waals surface area contributed by atoms with E-state index in [0.29, 0.717) is 11.7 Å². The Labute approximate surface area is 95.5 Å². The van der Waals surface area contributed by atoms with Gasteiger partial charge in [-0.3, -0.25) is 0 Å². The van der Waals surface area contributed by atoms with Crippen LogP contribution in [0.5, 0.6) is 0 Å². The molecule has 0 saturated heterocycles. The van der Waals surface area contributed by atoms with Gasteiger partial charge < -0.3 is 10.4 Å². The molecule has 0 saturated carbocycles. The van der Waals surface area contributed by atoms with Gasteiger partial charge in [0.2, 0.25) is 0 Å². The predicted molar refractivity (Wildman–Crippen MR) is 61.9 cm³/mol. The second kappa shape index (κ2) is 5.45. The molecule has 1 rings (SSSR count). The van der Waals surface area contributed by atoms with E-state index >= 15 is 0 Å². The average Bonchev–Trinajstić information content (AvgIpc) is 2.28. The fourth-order valence-corrected chi connectivity index (χ4v) is 1.34. The van der Waals surface area contributed by atoms with Crippen LogP contribution in [0, 0.1) is 0 Å². The minimum atomic E-state index is -0.251. The van der Waals surface area contributed by atoms with Crippen molar-refractivity contribution in [2.24, 2.45) is 0 Å². The Morgan fingerprint density at radius 3 is 2.87 bits per heavy atom. The largest absolute Gasteiger partial charge is 0.394 e. The Balaban J connectivity index is 2.61. The maximum Gasteiger partial charge on any atom is 0.133 e. The van der Waals surface area contributed by atoms with Crippen LogP contribution in [0.25, 0.3) is 0 Å². The number of aromatic nitrogens is 1. The third kappa shape index (κ3) is 3.45. The monoisotopic (exact) mass is 228 g/mol. The van der Waals surface area contributed by atoms with Crippen LogP contribution < -0.4 is 5.32 Å². The van der Waals surface area contributed by atoms with E-state index in [1.165, 1.54) is 0 Å². The molecule has 0 aliphatic carbocycles. The van der Waals surface area contributed by atoms with Crippen molar-refractivity contribution >= 4 is 11.6 Å². The zero-order chi connectivity index (χ0) is 11.3. The summed E-state index contributed by atoms with van der Waals surface area (Å²) in [5.41, 5.74) is 0.700. The van der Waals surface area contributed by atoms with E-state index in [1.54, 1.807) is 6.20 Å². The van der Waals surface area contributed by atoms with Crippen LogP contribution in [0.15, 0.2) is 18.3 Å². The minimum absolute atomic E-state index is 0.112. The summed E-state index contributed by atoms with van der Waals surface area (Å²) in [6, 6.07) is 3.78. The first-order chi connectivity index (χ1) is 7.11. The zero-order valence-corrected chi connectivity index (χ0v) is 9.88. The SMILES string of the molecule is CCC(C)(CO)NCc1cccnc1Cl. The van der Waals surface area contributed by atoms with Crippen molar-refractivity contribution in [2.75, 3.05) is 6.61 Å². The number of aliphatic hydroxyl groups is 1. The Kier molecular flexibility index (Phi) is 4.51. The van der Waals surface area contributed by atoms with E-state index < -0.39 is 0 Å². The number of nitrogens with one attached hydrogen (secondary N) is 1. The Morgan fingerprint density at radius 1 is 1.60 bits per heavy atom. The normalized spacial score (nSPS) is 14.9. The Bertz CT molecular complexity index is 313. The maximum atomic E-state index is 9.22. The summed E-state index contributed by atoms with van der Waals surface area (Å²) in [6.45, 7) is 4.75. The number of nitrogens with zero attached hydrogens (tertiary/aromatic N) is 1. The van der Waals surface area contributed by atoms with Gasteiger partial charge in [-0.05, 0) is 19.4 Å². The lowest BCUT2D eigenvalue weighted by Crippen LogP contribution is -2.44. The molecular formula is C11H17ClN2O. The topological polar surface area (TPSA) is 45.1 Å². The molecule has 1 unspecified atom stereocenters. The highest BCUT2D eigenvalue weighted by Gasteiger charge is 2.19. The van der Waals surface area contributed by atoms with Crippen LogP contribution in [-0.4, -0.2) is 22.2 Å². The van der Waals surface area contributed by atoms with Crippen LogP contribution in [-0.2, 0) is 6.54 Å². The fraction of sp³-hybridized carbons (Fsp3) is 0.545. The van der Waals surface area contributed by atoms with Crippen molar-refractivity contribution in [3.05, 3.63) is 29.0 Å². The third-order valence-electron chi connectivity index (χ3n) is 2.67. The maximum absolute atomic E-state index is 9.22.